The summed E-state index contributed by atoms with van der Waals surface area (Å²) in [7, 11) is 2.06. The molecule has 1 saturated carbocycles. The Hall–Kier alpha value is -2.61. The Morgan fingerprint density at radius 1 is 1.08 bits per heavy atom. The molecule has 0 spiro atoms. The molecule has 198 valence electrons. The SMILES string of the molecule is CC(=O)Oc1cccc(C23CCN(C)CC2C(OC(C)=O)C[C@H](NC(=O)Cc2ccc(Cl)c(Cl)c2)C3)c1. The molecule has 1 aliphatic carbocycles. The second kappa shape index (κ2) is 11.4. The molecule has 1 heterocycles. The van der Waals surface area contributed by atoms with Gasteiger partial charge in [0.25, 0.3) is 0 Å². The number of rotatable bonds is 6. The molecule has 0 bridgehead atoms. The van der Waals surface area contributed by atoms with Crippen molar-refractivity contribution in [2.75, 3.05) is 20.1 Å². The molecule has 0 radical (unpaired) electrons. The van der Waals surface area contributed by atoms with E-state index < -0.39 is 0 Å². The lowest BCUT2D eigenvalue weighted by Gasteiger charge is -2.55. The van der Waals surface area contributed by atoms with Crippen LogP contribution in [0.4, 0.5) is 0 Å². The van der Waals surface area contributed by atoms with E-state index >= 15 is 0 Å². The lowest BCUT2D eigenvalue weighted by Crippen LogP contribution is -2.61. The Labute approximate surface area is 227 Å². The fraction of sp³-hybridized carbons (Fsp3) is 0.464. The summed E-state index contributed by atoms with van der Waals surface area (Å²) in [6.07, 6.45) is 1.80. The van der Waals surface area contributed by atoms with Gasteiger partial charge in [0.05, 0.1) is 16.5 Å². The van der Waals surface area contributed by atoms with Crippen LogP contribution in [-0.2, 0) is 31.0 Å². The highest BCUT2D eigenvalue weighted by Gasteiger charge is 2.53. The molecule has 1 amide bonds. The third-order valence-electron chi connectivity index (χ3n) is 7.44. The molecular weight excluding hydrogens is 515 g/mol. The molecule has 2 aromatic rings. The molecule has 2 aromatic carbocycles. The maximum Gasteiger partial charge on any atom is 0.308 e. The summed E-state index contributed by atoms with van der Waals surface area (Å²) in [4.78, 5) is 39.0. The molecule has 9 heteroatoms. The lowest BCUT2D eigenvalue weighted by atomic mass is 9.57. The Morgan fingerprint density at radius 3 is 2.57 bits per heavy atom. The summed E-state index contributed by atoms with van der Waals surface area (Å²) in [6, 6.07) is 12.5. The van der Waals surface area contributed by atoms with E-state index in [9.17, 15) is 14.4 Å². The molecule has 0 aromatic heterocycles. The number of hydrogen-bond donors (Lipinski definition) is 1. The Bertz CT molecular complexity index is 1190. The first-order chi connectivity index (χ1) is 17.6. The molecule has 1 aliphatic heterocycles. The maximum atomic E-state index is 13.1. The van der Waals surface area contributed by atoms with Crippen LogP contribution in [0.1, 0.15) is 44.2 Å². The fourth-order valence-corrected chi connectivity index (χ4v) is 6.27. The van der Waals surface area contributed by atoms with E-state index in [1.807, 2.05) is 18.2 Å². The van der Waals surface area contributed by atoms with Gasteiger partial charge in [0.15, 0.2) is 0 Å². The van der Waals surface area contributed by atoms with Crippen molar-refractivity contribution in [2.45, 2.75) is 57.1 Å². The van der Waals surface area contributed by atoms with Crippen molar-refractivity contribution < 1.29 is 23.9 Å². The van der Waals surface area contributed by atoms with Gasteiger partial charge in [0.2, 0.25) is 5.91 Å². The number of halogens is 2. The predicted molar refractivity (Wildman–Crippen MR) is 142 cm³/mol. The van der Waals surface area contributed by atoms with Crippen LogP contribution in [0.5, 0.6) is 5.75 Å². The minimum absolute atomic E-state index is 0.0194. The minimum Gasteiger partial charge on any atom is -0.462 e. The van der Waals surface area contributed by atoms with Gasteiger partial charge in [-0.15, -0.1) is 0 Å². The quantitative estimate of drug-likeness (QED) is 0.422. The van der Waals surface area contributed by atoms with Crippen LogP contribution in [0.2, 0.25) is 10.0 Å². The topological polar surface area (TPSA) is 84.9 Å². The first-order valence-corrected chi connectivity index (χ1v) is 13.2. The summed E-state index contributed by atoms with van der Waals surface area (Å²) in [5.74, 6) is -0.370. The van der Waals surface area contributed by atoms with Crippen LogP contribution in [-0.4, -0.2) is 55.0 Å². The smallest absolute Gasteiger partial charge is 0.308 e. The molecule has 3 unspecified atom stereocenters. The van der Waals surface area contributed by atoms with Gasteiger partial charge in [-0.2, -0.15) is 0 Å². The average molecular weight is 547 g/mol. The van der Waals surface area contributed by atoms with Gasteiger partial charge in [0.1, 0.15) is 11.9 Å². The van der Waals surface area contributed by atoms with Crippen LogP contribution in [0, 0.1) is 5.92 Å². The van der Waals surface area contributed by atoms with Crippen LogP contribution >= 0.6 is 23.2 Å². The molecule has 4 atom stereocenters. The van der Waals surface area contributed by atoms with Crippen LogP contribution in [0.25, 0.3) is 0 Å². The number of fused-ring (bicyclic) bond motifs is 1. The zero-order chi connectivity index (χ0) is 26.7. The van der Waals surface area contributed by atoms with Gasteiger partial charge in [-0.1, -0.05) is 41.4 Å². The van der Waals surface area contributed by atoms with E-state index in [1.165, 1.54) is 13.8 Å². The monoisotopic (exact) mass is 546 g/mol. The first kappa shape index (κ1) is 27.4. The van der Waals surface area contributed by atoms with Crippen molar-refractivity contribution >= 4 is 41.0 Å². The summed E-state index contributed by atoms with van der Waals surface area (Å²) in [5, 5.41) is 4.03. The standard InChI is InChI=1S/C28H32Cl2N2O5/c1-17(33)36-22-6-4-5-20(13-22)28-9-10-32(3)16-23(28)26(37-18(2)34)14-21(15-28)31-27(35)12-19-7-8-24(29)25(30)11-19/h4-8,11,13,21,23,26H,9-10,12,14-16H2,1-3H3,(H,31,35)/t21-,23?,26?,28?/m0/s1. The minimum atomic E-state index is -0.386. The summed E-state index contributed by atoms with van der Waals surface area (Å²) >= 11 is 12.1. The highest BCUT2D eigenvalue weighted by molar-refractivity contribution is 6.42. The van der Waals surface area contributed by atoms with Crippen LogP contribution < -0.4 is 10.1 Å². The summed E-state index contributed by atoms with van der Waals surface area (Å²) in [5.41, 5.74) is 1.41. The average Bonchev–Trinajstić information content (AvgIpc) is 2.81. The third-order valence-corrected chi connectivity index (χ3v) is 8.17. The first-order valence-electron chi connectivity index (χ1n) is 12.4. The van der Waals surface area contributed by atoms with E-state index in [0.717, 1.165) is 30.6 Å². The Morgan fingerprint density at radius 2 is 1.86 bits per heavy atom. The number of piperidine rings is 1. The number of likely N-dealkylation sites (tertiary alicyclic amines) is 1. The molecule has 4 rings (SSSR count). The number of carbonyl (C=O) groups excluding carboxylic acids is 3. The molecule has 7 nitrogen and oxygen atoms in total. The number of nitrogens with zero attached hydrogens (tertiary/aromatic N) is 1. The Kier molecular flexibility index (Phi) is 8.46. The number of hydrogen-bond acceptors (Lipinski definition) is 6. The lowest BCUT2D eigenvalue weighted by molar-refractivity contribution is -0.157. The number of esters is 2. The van der Waals surface area contributed by atoms with Crippen molar-refractivity contribution in [1.29, 1.82) is 0 Å². The van der Waals surface area contributed by atoms with Gasteiger partial charge >= 0.3 is 11.9 Å². The number of benzene rings is 2. The van der Waals surface area contributed by atoms with Gasteiger partial charge in [-0.3, -0.25) is 14.4 Å². The second-order valence-corrected chi connectivity index (χ2v) is 11.0. The van der Waals surface area contributed by atoms with Gasteiger partial charge in [0, 0.05) is 44.2 Å². The van der Waals surface area contributed by atoms with Gasteiger partial charge in [-0.25, -0.2) is 0 Å². The Balaban J connectivity index is 1.64. The van der Waals surface area contributed by atoms with E-state index in [4.69, 9.17) is 32.7 Å². The van der Waals surface area contributed by atoms with Crippen LogP contribution in [0.3, 0.4) is 0 Å². The highest BCUT2D eigenvalue weighted by atomic mass is 35.5. The van der Waals surface area contributed by atoms with Crippen molar-refractivity contribution in [3.8, 4) is 5.75 Å². The molecule has 1 saturated heterocycles. The van der Waals surface area contributed by atoms with Crippen LogP contribution in [0.15, 0.2) is 42.5 Å². The zero-order valence-corrected chi connectivity index (χ0v) is 22.8. The number of nitrogens with one attached hydrogen (secondary N) is 1. The largest absolute Gasteiger partial charge is 0.462 e. The maximum absolute atomic E-state index is 13.1. The fourth-order valence-electron chi connectivity index (χ4n) is 5.95. The van der Waals surface area contributed by atoms with E-state index in [2.05, 4.69) is 17.3 Å². The van der Waals surface area contributed by atoms with E-state index in [0.29, 0.717) is 28.6 Å². The molecule has 37 heavy (non-hydrogen) atoms. The predicted octanol–water partition coefficient (Wildman–Crippen LogP) is 4.56. The molecule has 1 N–H and O–H groups in total. The van der Waals surface area contributed by atoms with Gasteiger partial charge < -0.3 is 19.7 Å². The van der Waals surface area contributed by atoms with Crippen molar-refractivity contribution in [3.05, 3.63) is 63.6 Å². The van der Waals surface area contributed by atoms with Crippen molar-refractivity contribution in [1.82, 2.24) is 10.2 Å². The molecule has 2 aliphatic rings. The van der Waals surface area contributed by atoms with Crippen molar-refractivity contribution in [2.24, 2.45) is 5.92 Å². The van der Waals surface area contributed by atoms with E-state index in [1.54, 1.807) is 24.3 Å². The molecule has 2 fully saturated rings. The normalized spacial score (nSPS) is 25.6. The van der Waals surface area contributed by atoms with E-state index in [-0.39, 0.29) is 47.7 Å². The number of ether oxygens (including phenoxy) is 2. The number of carbonyl (C=O) groups is 3. The second-order valence-electron chi connectivity index (χ2n) is 10.2. The van der Waals surface area contributed by atoms with Crippen molar-refractivity contribution in [3.63, 3.8) is 0 Å². The third kappa shape index (κ3) is 6.46. The van der Waals surface area contributed by atoms with Gasteiger partial charge in [-0.05, 0) is 61.8 Å². The summed E-state index contributed by atoms with van der Waals surface area (Å²) in [6.45, 7) is 4.40. The molecular formula is C28H32Cl2N2O5. The summed E-state index contributed by atoms with van der Waals surface area (Å²) < 4.78 is 11.3. The number of amides is 1. The highest BCUT2D eigenvalue weighted by Crippen LogP contribution is 2.50. The zero-order valence-electron chi connectivity index (χ0n) is 21.3.